The van der Waals surface area contributed by atoms with Crippen LogP contribution in [0.15, 0.2) is 30.3 Å². The van der Waals surface area contributed by atoms with Crippen LogP contribution in [0.25, 0.3) is 0 Å². The summed E-state index contributed by atoms with van der Waals surface area (Å²) in [5.41, 5.74) is 0.858. The summed E-state index contributed by atoms with van der Waals surface area (Å²) < 4.78 is 4.91. The summed E-state index contributed by atoms with van der Waals surface area (Å²) >= 11 is 0. The van der Waals surface area contributed by atoms with Crippen molar-refractivity contribution in [2.24, 2.45) is 5.41 Å². The predicted molar refractivity (Wildman–Crippen MR) is 78.9 cm³/mol. The van der Waals surface area contributed by atoms with Gasteiger partial charge in [0.1, 0.15) is 6.61 Å². The fraction of sp³-hybridized carbons (Fsp3) is 0.500. The maximum Gasteiger partial charge on any atom is 0.248 e. The van der Waals surface area contributed by atoms with Gasteiger partial charge < -0.3 is 14.5 Å². The van der Waals surface area contributed by atoms with E-state index in [1.165, 1.54) is 7.11 Å². The quantitative estimate of drug-likeness (QED) is 0.842. The van der Waals surface area contributed by atoms with E-state index in [-0.39, 0.29) is 23.8 Å². The monoisotopic (exact) mass is 288 g/mol. The first kappa shape index (κ1) is 14.1. The second kappa shape index (κ2) is 5.48. The van der Waals surface area contributed by atoms with Gasteiger partial charge in [0.05, 0.1) is 0 Å². The predicted octanol–water partition coefficient (Wildman–Crippen LogP) is 1.29. The molecule has 2 heterocycles. The summed E-state index contributed by atoms with van der Waals surface area (Å²) in [5.74, 6) is 0.169. The van der Waals surface area contributed by atoms with Crippen molar-refractivity contribution < 1.29 is 14.3 Å². The molecule has 2 aliphatic rings. The Kier molecular flexibility index (Phi) is 3.68. The van der Waals surface area contributed by atoms with E-state index in [9.17, 15) is 9.59 Å². The lowest BCUT2D eigenvalue weighted by molar-refractivity contribution is -0.134. The van der Waals surface area contributed by atoms with Crippen LogP contribution < -0.4 is 4.90 Å². The van der Waals surface area contributed by atoms with Gasteiger partial charge in [-0.05, 0) is 18.6 Å². The number of carbonyl (C=O) groups excluding carboxylic acids is 2. The molecular formula is C16H20N2O3. The highest BCUT2D eigenvalue weighted by Crippen LogP contribution is 2.41. The first-order valence-corrected chi connectivity index (χ1v) is 7.26. The number of anilines is 1. The minimum Gasteiger partial charge on any atom is -0.375 e. The molecule has 112 valence electrons. The van der Waals surface area contributed by atoms with Crippen LogP contribution in [0, 0.1) is 5.41 Å². The molecule has 2 fully saturated rings. The van der Waals surface area contributed by atoms with Gasteiger partial charge in [-0.3, -0.25) is 9.59 Å². The van der Waals surface area contributed by atoms with E-state index >= 15 is 0 Å². The average Bonchev–Trinajstić information content (AvgIpc) is 3.04. The fourth-order valence-corrected chi connectivity index (χ4v) is 3.38. The molecule has 0 unspecified atom stereocenters. The Morgan fingerprint density at radius 2 is 2.05 bits per heavy atom. The van der Waals surface area contributed by atoms with Crippen LogP contribution in [0.3, 0.4) is 0 Å². The van der Waals surface area contributed by atoms with Gasteiger partial charge in [-0.1, -0.05) is 18.2 Å². The molecule has 2 amide bonds. The number of nitrogens with zero attached hydrogens (tertiary/aromatic N) is 2. The fourth-order valence-electron chi connectivity index (χ4n) is 3.38. The standard InChI is InChI=1S/C16H20N2O3/c1-21-10-15(20)17-8-7-16(11-17)9-14(19)18(12-16)13-5-3-2-4-6-13/h2-6H,7-12H2,1H3/t16-/m0/s1. The minimum absolute atomic E-state index is 0.0139. The molecule has 1 aromatic rings. The zero-order chi connectivity index (χ0) is 14.9. The summed E-state index contributed by atoms with van der Waals surface area (Å²) in [7, 11) is 1.53. The molecule has 0 N–H and O–H groups in total. The van der Waals surface area contributed by atoms with Crippen LogP contribution >= 0.6 is 0 Å². The Bertz CT molecular complexity index is 546. The number of amides is 2. The van der Waals surface area contributed by atoms with Gasteiger partial charge in [-0.25, -0.2) is 0 Å². The Morgan fingerprint density at radius 3 is 2.76 bits per heavy atom. The van der Waals surface area contributed by atoms with Crippen molar-refractivity contribution >= 4 is 17.5 Å². The second-order valence-electron chi connectivity index (χ2n) is 5.99. The molecule has 0 saturated carbocycles. The summed E-state index contributed by atoms with van der Waals surface area (Å²) in [6, 6.07) is 9.74. The van der Waals surface area contributed by atoms with Gasteiger partial charge in [0.2, 0.25) is 11.8 Å². The average molecular weight is 288 g/mol. The summed E-state index contributed by atoms with van der Waals surface area (Å²) in [5, 5.41) is 0. The van der Waals surface area contributed by atoms with E-state index in [1.54, 1.807) is 0 Å². The minimum atomic E-state index is -0.0870. The molecule has 2 aliphatic heterocycles. The molecule has 5 nitrogen and oxygen atoms in total. The summed E-state index contributed by atoms with van der Waals surface area (Å²) in [6.45, 7) is 2.20. The number of ether oxygens (including phenoxy) is 1. The van der Waals surface area contributed by atoms with E-state index < -0.39 is 0 Å². The van der Waals surface area contributed by atoms with Gasteiger partial charge in [0.25, 0.3) is 0 Å². The number of para-hydroxylation sites is 1. The van der Waals surface area contributed by atoms with Gasteiger partial charge in [-0.15, -0.1) is 0 Å². The lowest BCUT2D eigenvalue weighted by Gasteiger charge is -2.24. The van der Waals surface area contributed by atoms with E-state index in [0.717, 1.165) is 18.7 Å². The zero-order valence-electron chi connectivity index (χ0n) is 12.2. The van der Waals surface area contributed by atoms with E-state index in [2.05, 4.69) is 0 Å². The van der Waals surface area contributed by atoms with Crippen LogP contribution in [0.2, 0.25) is 0 Å². The van der Waals surface area contributed by atoms with E-state index in [1.807, 2.05) is 40.1 Å². The maximum absolute atomic E-state index is 12.3. The second-order valence-corrected chi connectivity index (χ2v) is 5.99. The number of hydrogen-bond donors (Lipinski definition) is 0. The molecule has 0 aromatic heterocycles. The molecule has 3 rings (SSSR count). The first-order valence-electron chi connectivity index (χ1n) is 7.26. The summed E-state index contributed by atoms with van der Waals surface area (Å²) in [4.78, 5) is 27.9. The molecule has 21 heavy (non-hydrogen) atoms. The topological polar surface area (TPSA) is 49.9 Å². The van der Waals surface area contributed by atoms with Crippen LogP contribution in [0.5, 0.6) is 0 Å². The van der Waals surface area contributed by atoms with Crippen LogP contribution in [0.4, 0.5) is 5.69 Å². The van der Waals surface area contributed by atoms with Gasteiger partial charge >= 0.3 is 0 Å². The molecule has 1 atom stereocenters. The van der Waals surface area contributed by atoms with Crippen molar-refractivity contribution in [2.45, 2.75) is 12.8 Å². The molecule has 2 saturated heterocycles. The lowest BCUT2D eigenvalue weighted by Crippen LogP contribution is -2.35. The van der Waals surface area contributed by atoms with Crippen LogP contribution in [-0.2, 0) is 14.3 Å². The molecular weight excluding hydrogens is 268 g/mol. The molecule has 0 bridgehead atoms. The normalized spacial score (nSPS) is 25.1. The largest absolute Gasteiger partial charge is 0.375 e. The van der Waals surface area contributed by atoms with Crippen molar-refractivity contribution in [3.05, 3.63) is 30.3 Å². The van der Waals surface area contributed by atoms with Gasteiger partial charge in [0, 0.05) is 44.3 Å². The molecule has 1 spiro atoms. The van der Waals surface area contributed by atoms with E-state index in [4.69, 9.17) is 4.74 Å². The van der Waals surface area contributed by atoms with Crippen molar-refractivity contribution in [2.75, 3.05) is 38.3 Å². The van der Waals surface area contributed by atoms with Crippen LogP contribution in [-0.4, -0.2) is 50.1 Å². The smallest absolute Gasteiger partial charge is 0.248 e. The Hall–Kier alpha value is -1.88. The number of hydrogen-bond acceptors (Lipinski definition) is 3. The third-order valence-corrected chi connectivity index (χ3v) is 4.45. The van der Waals surface area contributed by atoms with Gasteiger partial charge in [-0.2, -0.15) is 0 Å². The maximum atomic E-state index is 12.3. The van der Waals surface area contributed by atoms with Crippen molar-refractivity contribution in [1.29, 1.82) is 0 Å². The van der Waals surface area contributed by atoms with Crippen molar-refractivity contribution in [3.63, 3.8) is 0 Å². The molecule has 0 radical (unpaired) electrons. The number of likely N-dealkylation sites (tertiary alicyclic amines) is 1. The lowest BCUT2D eigenvalue weighted by atomic mass is 9.86. The Balaban J connectivity index is 1.72. The highest BCUT2D eigenvalue weighted by Gasteiger charge is 2.48. The highest BCUT2D eigenvalue weighted by molar-refractivity contribution is 5.96. The molecule has 1 aromatic carbocycles. The zero-order valence-corrected chi connectivity index (χ0v) is 12.2. The third kappa shape index (κ3) is 2.65. The highest BCUT2D eigenvalue weighted by atomic mass is 16.5. The molecule has 5 heteroatoms. The number of carbonyl (C=O) groups is 2. The summed E-state index contributed by atoms with van der Waals surface area (Å²) in [6.07, 6.45) is 1.41. The van der Waals surface area contributed by atoms with Crippen molar-refractivity contribution in [1.82, 2.24) is 4.90 Å². The Labute approximate surface area is 124 Å². The number of rotatable bonds is 3. The van der Waals surface area contributed by atoms with Crippen LogP contribution in [0.1, 0.15) is 12.8 Å². The SMILES string of the molecule is COCC(=O)N1CC[C@]2(CC(=O)N(c3ccccc3)C2)C1. The molecule has 0 aliphatic carbocycles. The number of methoxy groups -OCH3 is 1. The first-order chi connectivity index (χ1) is 10.1. The van der Waals surface area contributed by atoms with Crippen molar-refractivity contribution in [3.8, 4) is 0 Å². The Morgan fingerprint density at radius 1 is 1.29 bits per heavy atom. The third-order valence-electron chi connectivity index (χ3n) is 4.45. The number of benzene rings is 1. The van der Waals surface area contributed by atoms with E-state index in [0.29, 0.717) is 19.5 Å². The van der Waals surface area contributed by atoms with Gasteiger partial charge in [0.15, 0.2) is 0 Å².